The van der Waals surface area contributed by atoms with E-state index in [0.717, 1.165) is 15.6 Å². The lowest BCUT2D eigenvalue weighted by Crippen LogP contribution is -2.32. The first-order valence-electron chi connectivity index (χ1n) is 11.5. The molecule has 10 heteroatoms. The monoisotopic (exact) mass is 578 g/mol. The van der Waals surface area contributed by atoms with Crippen LogP contribution in [0.3, 0.4) is 0 Å². The molecule has 3 aromatic rings. The van der Waals surface area contributed by atoms with Gasteiger partial charge in [0.2, 0.25) is 0 Å². The number of aryl methyl sites for hydroxylation is 2. The Morgan fingerprint density at radius 1 is 0.895 bits per heavy atom. The number of amides is 3. The van der Waals surface area contributed by atoms with Gasteiger partial charge in [-0.25, -0.2) is 5.43 Å². The van der Waals surface area contributed by atoms with Crippen molar-refractivity contribution in [3.05, 3.63) is 94.5 Å². The Morgan fingerprint density at radius 3 is 2.29 bits per heavy atom. The van der Waals surface area contributed by atoms with Crippen LogP contribution in [0.25, 0.3) is 0 Å². The van der Waals surface area contributed by atoms with Crippen molar-refractivity contribution in [3.8, 4) is 11.5 Å². The molecule has 0 fully saturated rings. The molecule has 3 rings (SSSR count). The Morgan fingerprint density at radius 2 is 1.61 bits per heavy atom. The maximum Gasteiger partial charge on any atom is 0.329 e. The van der Waals surface area contributed by atoms with Crippen molar-refractivity contribution in [2.45, 2.75) is 13.8 Å². The van der Waals surface area contributed by atoms with E-state index >= 15 is 0 Å². The minimum atomic E-state index is -0.960. The number of hydrogen-bond acceptors (Lipinski definition) is 6. The zero-order valence-electron chi connectivity index (χ0n) is 20.9. The number of carbonyl (C=O) groups is 3. The van der Waals surface area contributed by atoms with Crippen LogP contribution in [0.5, 0.6) is 11.5 Å². The molecular formula is C28H27BrN4O5. The third kappa shape index (κ3) is 8.90. The Bertz CT molecular complexity index is 1340. The Hall–Kier alpha value is -4.44. The van der Waals surface area contributed by atoms with Gasteiger partial charge in [0.15, 0.2) is 6.61 Å². The lowest BCUT2D eigenvalue weighted by Gasteiger charge is -2.11. The average Bonchev–Trinajstić information content (AvgIpc) is 2.87. The fourth-order valence-electron chi connectivity index (χ4n) is 3.33. The predicted octanol–water partition coefficient (Wildman–Crippen LogP) is 4.74. The first-order chi connectivity index (χ1) is 18.2. The van der Waals surface area contributed by atoms with E-state index in [2.05, 4.69) is 43.7 Å². The number of nitrogens with one attached hydrogen (secondary N) is 3. The summed E-state index contributed by atoms with van der Waals surface area (Å²) in [7, 11) is 0. The second kappa shape index (κ2) is 13.8. The van der Waals surface area contributed by atoms with Gasteiger partial charge >= 0.3 is 11.8 Å². The summed E-state index contributed by atoms with van der Waals surface area (Å²) in [5.74, 6) is -1.21. The number of halogens is 1. The van der Waals surface area contributed by atoms with Gasteiger partial charge in [-0.3, -0.25) is 14.4 Å². The van der Waals surface area contributed by atoms with Crippen molar-refractivity contribution in [3.63, 3.8) is 0 Å². The van der Waals surface area contributed by atoms with Gasteiger partial charge in [0.05, 0.1) is 6.21 Å². The van der Waals surface area contributed by atoms with E-state index in [4.69, 9.17) is 9.47 Å². The summed E-state index contributed by atoms with van der Waals surface area (Å²) in [6, 6.07) is 17.4. The molecular weight excluding hydrogens is 552 g/mol. The predicted molar refractivity (Wildman–Crippen MR) is 151 cm³/mol. The summed E-state index contributed by atoms with van der Waals surface area (Å²) >= 11 is 3.37. The van der Waals surface area contributed by atoms with E-state index in [-0.39, 0.29) is 12.5 Å². The van der Waals surface area contributed by atoms with Crippen molar-refractivity contribution in [2.24, 2.45) is 5.10 Å². The van der Waals surface area contributed by atoms with E-state index in [9.17, 15) is 14.4 Å². The molecule has 3 N–H and O–H groups in total. The van der Waals surface area contributed by atoms with Crippen LogP contribution in [-0.2, 0) is 14.4 Å². The lowest BCUT2D eigenvalue weighted by molar-refractivity contribution is -0.136. The van der Waals surface area contributed by atoms with Crippen LogP contribution >= 0.6 is 15.9 Å². The third-order valence-corrected chi connectivity index (χ3v) is 5.39. The molecule has 38 heavy (non-hydrogen) atoms. The summed E-state index contributed by atoms with van der Waals surface area (Å²) in [6.45, 7) is 7.60. The van der Waals surface area contributed by atoms with E-state index in [1.54, 1.807) is 48.5 Å². The Kier molecular flexibility index (Phi) is 10.2. The summed E-state index contributed by atoms with van der Waals surface area (Å²) < 4.78 is 11.8. The van der Waals surface area contributed by atoms with Gasteiger partial charge < -0.3 is 20.1 Å². The first-order valence-corrected chi connectivity index (χ1v) is 12.3. The quantitative estimate of drug-likeness (QED) is 0.139. The van der Waals surface area contributed by atoms with Crippen LogP contribution in [-0.4, -0.2) is 37.1 Å². The van der Waals surface area contributed by atoms with Gasteiger partial charge in [0.1, 0.15) is 18.1 Å². The number of hydrazone groups is 1. The number of anilines is 2. The topological polar surface area (TPSA) is 118 Å². The van der Waals surface area contributed by atoms with Crippen LogP contribution in [0.1, 0.15) is 16.7 Å². The highest BCUT2D eigenvalue weighted by atomic mass is 79.9. The zero-order chi connectivity index (χ0) is 27.5. The van der Waals surface area contributed by atoms with Crippen molar-refractivity contribution in [1.82, 2.24) is 5.43 Å². The largest absolute Gasteiger partial charge is 0.490 e. The maximum atomic E-state index is 12.4. The van der Waals surface area contributed by atoms with Crippen molar-refractivity contribution < 1.29 is 23.9 Å². The van der Waals surface area contributed by atoms with Crippen molar-refractivity contribution in [1.29, 1.82) is 0 Å². The van der Waals surface area contributed by atoms with Crippen molar-refractivity contribution >= 4 is 51.2 Å². The molecule has 0 bridgehead atoms. The van der Waals surface area contributed by atoms with Crippen LogP contribution < -0.4 is 25.5 Å². The highest BCUT2D eigenvalue weighted by molar-refractivity contribution is 9.10. The summed E-state index contributed by atoms with van der Waals surface area (Å²) in [6.07, 6.45) is 2.94. The van der Waals surface area contributed by atoms with Gasteiger partial charge in [-0.05, 0) is 79.6 Å². The lowest BCUT2D eigenvalue weighted by atomic mass is 10.1. The van der Waals surface area contributed by atoms with Gasteiger partial charge in [0, 0.05) is 21.4 Å². The van der Waals surface area contributed by atoms with Gasteiger partial charge in [-0.2, -0.15) is 5.10 Å². The normalized spacial score (nSPS) is 10.5. The standard InChI is InChI=1S/C28H27BrN4O5/c1-4-11-37-24-8-6-22(7-9-24)32-27(35)28(36)33-30-16-20-15-21(29)5-10-25(20)38-17-26(34)31-23-13-18(2)12-19(3)14-23/h4-10,12-16H,1,11,17H2,2-3H3,(H,31,34)(H,32,35)(H,33,36)/b30-16-. The number of benzene rings is 3. The van der Waals surface area contributed by atoms with Crippen molar-refractivity contribution in [2.75, 3.05) is 23.8 Å². The van der Waals surface area contributed by atoms with Crippen LogP contribution in [0, 0.1) is 13.8 Å². The molecule has 0 spiro atoms. The number of hydrogen-bond donors (Lipinski definition) is 3. The van der Waals surface area contributed by atoms with E-state index in [1.807, 2.05) is 32.0 Å². The highest BCUT2D eigenvalue weighted by Crippen LogP contribution is 2.22. The Balaban J connectivity index is 1.55. The second-order valence-electron chi connectivity index (χ2n) is 8.17. The fraction of sp³-hybridized carbons (Fsp3) is 0.143. The van der Waals surface area contributed by atoms with Gasteiger partial charge in [-0.1, -0.05) is 34.7 Å². The zero-order valence-corrected chi connectivity index (χ0v) is 22.5. The molecule has 0 saturated carbocycles. The maximum absolute atomic E-state index is 12.4. The van der Waals surface area contributed by atoms with Gasteiger partial charge in [-0.15, -0.1) is 0 Å². The summed E-state index contributed by atoms with van der Waals surface area (Å²) in [5.41, 5.74) is 5.84. The molecule has 0 saturated heterocycles. The first kappa shape index (κ1) is 28.1. The number of ether oxygens (including phenoxy) is 2. The summed E-state index contributed by atoms with van der Waals surface area (Å²) in [5, 5.41) is 9.14. The molecule has 0 unspecified atom stereocenters. The van der Waals surface area contributed by atoms with E-state index < -0.39 is 11.8 Å². The summed E-state index contributed by atoms with van der Waals surface area (Å²) in [4.78, 5) is 36.7. The van der Waals surface area contributed by atoms with E-state index in [0.29, 0.717) is 35.0 Å². The molecule has 0 aliphatic rings. The highest BCUT2D eigenvalue weighted by Gasteiger charge is 2.13. The molecule has 3 aromatic carbocycles. The minimum Gasteiger partial charge on any atom is -0.490 e. The molecule has 0 atom stereocenters. The van der Waals surface area contributed by atoms with Crippen LogP contribution in [0.4, 0.5) is 11.4 Å². The minimum absolute atomic E-state index is 0.234. The molecule has 0 aromatic heterocycles. The van der Waals surface area contributed by atoms with Gasteiger partial charge in [0.25, 0.3) is 5.91 Å². The number of carbonyl (C=O) groups excluding carboxylic acids is 3. The second-order valence-corrected chi connectivity index (χ2v) is 9.09. The molecule has 0 radical (unpaired) electrons. The molecule has 0 aliphatic heterocycles. The number of nitrogens with zero attached hydrogens (tertiary/aromatic N) is 1. The van der Waals surface area contributed by atoms with Crippen LogP contribution in [0.15, 0.2) is 82.9 Å². The molecule has 0 heterocycles. The smallest absolute Gasteiger partial charge is 0.329 e. The molecule has 9 nitrogen and oxygen atoms in total. The number of rotatable bonds is 10. The molecule has 196 valence electrons. The molecule has 0 aliphatic carbocycles. The fourth-order valence-corrected chi connectivity index (χ4v) is 3.71. The van der Waals surface area contributed by atoms with Crippen LogP contribution in [0.2, 0.25) is 0 Å². The SMILES string of the molecule is C=CCOc1ccc(NC(=O)C(=O)N/N=C\c2cc(Br)ccc2OCC(=O)Nc2cc(C)cc(C)c2)cc1. The van der Waals surface area contributed by atoms with E-state index in [1.165, 1.54) is 6.21 Å². The Labute approximate surface area is 229 Å². The average molecular weight is 579 g/mol. The third-order valence-electron chi connectivity index (χ3n) is 4.89. The molecule has 3 amide bonds.